The Bertz CT molecular complexity index is 687. The smallest absolute Gasteiger partial charge is 0.406 e. The molecule has 3 nitrogen and oxygen atoms in total. The number of carbonyl (C=O) groups is 1. The zero-order chi connectivity index (χ0) is 16.3. The maximum Gasteiger partial charge on any atom is 0.573 e. The highest BCUT2D eigenvalue weighted by molar-refractivity contribution is 6.44. The van der Waals surface area contributed by atoms with Gasteiger partial charge < -0.3 is 10.1 Å². The van der Waals surface area contributed by atoms with Gasteiger partial charge in [0.15, 0.2) is 0 Å². The van der Waals surface area contributed by atoms with E-state index in [1.54, 1.807) is 6.07 Å². The molecule has 0 aromatic heterocycles. The molecule has 0 saturated heterocycles. The van der Waals surface area contributed by atoms with Gasteiger partial charge in [-0.1, -0.05) is 29.3 Å². The van der Waals surface area contributed by atoms with Crippen LogP contribution in [0.1, 0.15) is 10.4 Å². The topological polar surface area (TPSA) is 38.3 Å². The maximum absolute atomic E-state index is 12.0. The Balaban J connectivity index is 2.11. The summed E-state index contributed by atoms with van der Waals surface area (Å²) in [5.41, 5.74) is 0.445. The Morgan fingerprint density at radius 2 is 1.68 bits per heavy atom. The molecule has 0 aliphatic rings. The average molecular weight is 350 g/mol. The predicted molar refractivity (Wildman–Crippen MR) is 77.5 cm³/mol. The third-order valence-electron chi connectivity index (χ3n) is 2.54. The SMILES string of the molecule is O=C(Nc1ccc(OC(F)(F)F)cc1)c1cccc(Cl)c1Cl. The van der Waals surface area contributed by atoms with E-state index < -0.39 is 12.3 Å². The van der Waals surface area contributed by atoms with Crippen molar-refractivity contribution < 1.29 is 22.7 Å². The summed E-state index contributed by atoms with van der Waals surface area (Å²) in [4.78, 5) is 12.0. The summed E-state index contributed by atoms with van der Waals surface area (Å²) >= 11 is 11.7. The predicted octanol–water partition coefficient (Wildman–Crippen LogP) is 5.14. The molecule has 1 amide bonds. The Hall–Kier alpha value is -1.92. The van der Waals surface area contributed by atoms with Gasteiger partial charge in [0, 0.05) is 5.69 Å². The second kappa shape index (κ2) is 6.46. The summed E-state index contributed by atoms with van der Waals surface area (Å²) < 4.78 is 39.8. The van der Waals surface area contributed by atoms with E-state index in [9.17, 15) is 18.0 Å². The van der Waals surface area contributed by atoms with E-state index in [0.29, 0.717) is 0 Å². The lowest BCUT2D eigenvalue weighted by Gasteiger charge is -2.10. The highest BCUT2D eigenvalue weighted by Crippen LogP contribution is 2.27. The molecule has 0 heterocycles. The first kappa shape index (κ1) is 16.5. The van der Waals surface area contributed by atoms with Gasteiger partial charge in [-0.3, -0.25) is 4.79 Å². The molecule has 0 aliphatic heterocycles. The second-order valence-electron chi connectivity index (χ2n) is 4.13. The Kier molecular flexibility index (Phi) is 4.83. The normalized spacial score (nSPS) is 11.1. The van der Waals surface area contributed by atoms with Crippen molar-refractivity contribution in [3.8, 4) is 5.75 Å². The fraction of sp³-hybridized carbons (Fsp3) is 0.0714. The van der Waals surface area contributed by atoms with Gasteiger partial charge in [-0.2, -0.15) is 0 Å². The van der Waals surface area contributed by atoms with Crippen molar-refractivity contribution in [3.05, 3.63) is 58.1 Å². The Morgan fingerprint density at radius 1 is 1.05 bits per heavy atom. The number of ether oxygens (including phenoxy) is 1. The molecule has 0 atom stereocenters. The Morgan fingerprint density at radius 3 is 2.27 bits per heavy atom. The summed E-state index contributed by atoms with van der Waals surface area (Å²) in [5.74, 6) is -0.914. The van der Waals surface area contributed by atoms with Gasteiger partial charge in [0.1, 0.15) is 5.75 Å². The van der Waals surface area contributed by atoms with Gasteiger partial charge in [0.2, 0.25) is 0 Å². The lowest BCUT2D eigenvalue weighted by atomic mass is 10.2. The van der Waals surface area contributed by atoms with E-state index in [1.165, 1.54) is 24.3 Å². The molecule has 8 heteroatoms. The van der Waals surface area contributed by atoms with Crippen molar-refractivity contribution >= 4 is 34.8 Å². The van der Waals surface area contributed by atoms with Crippen LogP contribution in [0.2, 0.25) is 10.0 Å². The lowest BCUT2D eigenvalue weighted by Crippen LogP contribution is -2.17. The van der Waals surface area contributed by atoms with Crippen molar-refractivity contribution in [3.63, 3.8) is 0 Å². The van der Waals surface area contributed by atoms with E-state index >= 15 is 0 Å². The molecule has 116 valence electrons. The van der Waals surface area contributed by atoms with Crippen LogP contribution in [0.3, 0.4) is 0 Å². The molecule has 0 bridgehead atoms. The fourth-order valence-electron chi connectivity index (χ4n) is 1.62. The lowest BCUT2D eigenvalue weighted by molar-refractivity contribution is -0.274. The number of halogens is 5. The van der Waals surface area contributed by atoms with Crippen molar-refractivity contribution in [2.24, 2.45) is 0 Å². The van der Waals surface area contributed by atoms with E-state index in [2.05, 4.69) is 10.1 Å². The van der Waals surface area contributed by atoms with Crippen LogP contribution >= 0.6 is 23.2 Å². The zero-order valence-corrected chi connectivity index (χ0v) is 12.3. The minimum Gasteiger partial charge on any atom is -0.406 e. The highest BCUT2D eigenvalue weighted by Gasteiger charge is 2.30. The van der Waals surface area contributed by atoms with Crippen molar-refractivity contribution in [2.45, 2.75) is 6.36 Å². The summed E-state index contributed by atoms with van der Waals surface area (Å²) in [6, 6.07) is 9.29. The van der Waals surface area contributed by atoms with E-state index in [4.69, 9.17) is 23.2 Å². The standard InChI is InChI=1S/C14H8Cl2F3NO2/c15-11-3-1-2-10(12(11)16)13(21)20-8-4-6-9(7-5-8)22-14(17,18)19/h1-7H,(H,20,21). The molecule has 0 saturated carbocycles. The number of hydrogen-bond donors (Lipinski definition) is 1. The van der Waals surface area contributed by atoms with Gasteiger partial charge in [-0.05, 0) is 36.4 Å². The maximum atomic E-state index is 12.0. The van der Waals surface area contributed by atoms with Crippen LogP contribution in [0.15, 0.2) is 42.5 Å². The molecule has 2 aromatic rings. The first-order valence-electron chi connectivity index (χ1n) is 5.87. The molecule has 2 rings (SSSR count). The van der Waals surface area contributed by atoms with Crippen LogP contribution in [0.5, 0.6) is 5.75 Å². The molecule has 0 aliphatic carbocycles. The van der Waals surface area contributed by atoms with Gasteiger partial charge in [-0.25, -0.2) is 0 Å². The van der Waals surface area contributed by atoms with Crippen LogP contribution < -0.4 is 10.1 Å². The molecule has 22 heavy (non-hydrogen) atoms. The van der Waals surface area contributed by atoms with Crippen LogP contribution in [0, 0.1) is 0 Å². The number of nitrogens with one attached hydrogen (secondary N) is 1. The molecule has 1 N–H and O–H groups in total. The van der Waals surface area contributed by atoms with Crippen molar-refractivity contribution in [2.75, 3.05) is 5.32 Å². The molecule has 2 aromatic carbocycles. The van der Waals surface area contributed by atoms with Gasteiger partial charge in [0.05, 0.1) is 15.6 Å². The molecular formula is C14H8Cl2F3NO2. The summed E-state index contributed by atoms with van der Waals surface area (Å²) in [7, 11) is 0. The second-order valence-corrected chi connectivity index (χ2v) is 4.91. The zero-order valence-electron chi connectivity index (χ0n) is 10.7. The molecule has 0 radical (unpaired) electrons. The van der Waals surface area contributed by atoms with Gasteiger partial charge >= 0.3 is 6.36 Å². The highest BCUT2D eigenvalue weighted by atomic mass is 35.5. The molecule has 0 unspecified atom stereocenters. The summed E-state index contributed by atoms with van der Waals surface area (Å²) in [6.07, 6.45) is -4.76. The fourth-order valence-corrected chi connectivity index (χ4v) is 2.00. The van der Waals surface area contributed by atoms with Gasteiger partial charge in [-0.15, -0.1) is 13.2 Å². The van der Waals surface area contributed by atoms with Crippen LogP contribution in [0.4, 0.5) is 18.9 Å². The number of anilines is 1. The minimum atomic E-state index is -4.76. The quantitative estimate of drug-likeness (QED) is 0.832. The number of hydrogen-bond acceptors (Lipinski definition) is 2. The molecule has 0 spiro atoms. The third kappa shape index (κ3) is 4.29. The van der Waals surface area contributed by atoms with Crippen LogP contribution in [0.25, 0.3) is 0 Å². The summed E-state index contributed by atoms with van der Waals surface area (Å²) in [6.45, 7) is 0. The van der Waals surface area contributed by atoms with Crippen LogP contribution in [-0.2, 0) is 0 Å². The number of amides is 1. The first-order valence-corrected chi connectivity index (χ1v) is 6.63. The average Bonchev–Trinajstić information content (AvgIpc) is 2.42. The Labute approximate surface area is 133 Å². The third-order valence-corrected chi connectivity index (χ3v) is 3.36. The van der Waals surface area contributed by atoms with Gasteiger partial charge in [0.25, 0.3) is 5.91 Å². The molecular weight excluding hydrogens is 342 g/mol. The van der Waals surface area contributed by atoms with Crippen LogP contribution in [-0.4, -0.2) is 12.3 Å². The molecule has 0 fully saturated rings. The van der Waals surface area contributed by atoms with E-state index in [-0.39, 0.29) is 27.0 Å². The van der Waals surface area contributed by atoms with E-state index in [1.807, 2.05) is 0 Å². The monoisotopic (exact) mass is 349 g/mol. The number of alkyl halides is 3. The first-order chi connectivity index (χ1) is 10.3. The van der Waals surface area contributed by atoms with Crippen molar-refractivity contribution in [1.82, 2.24) is 0 Å². The largest absolute Gasteiger partial charge is 0.573 e. The number of benzene rings is 2. The van der Waals surface area contributed by atoms with Crippen molar-refractivity contribution in [1.29, 1.82) is 0 Å². The summed E-state index contributed by atoms with van der Waals surface area (Å²) in [5, 5.41) is 2.82. The van der Waals surface area contributed by atoms with E-state index in [0.717, 1.165) is 12.1 Å². The minimum absolute atomic E-state index is 0.0960. The number of carbonyl (C=O) groups excluding carboxylic acids is 1. The number of rotatable bonds is 3.